The van der Waals surface area contributed by atoms with Gasteiger partial charge in [0.25, 0.3) is 5.24 Å². The van der Waals surface area contributed by atoms with E-state index in [1.165, 1.54) is 24.7 Å². The van der Waals surface area contributed by atoms with Crippen LogP contribution in [0.2, 0.25) is 0 Å². The Kier molecular flexibility index (Phi) is 8.38. The van der Waals surface area contributed by atoms with Crippen LogP contribution in [0.4, 0.5) is 9.18 Å². The molecule has 3 amide bonds. The van der Waals surface area contributed by atoms with Gasteiger partial charge in [-0.25, -0.2) is 14.2 Å². The average molecular weight is 542 g/mol. The smallest absolute Gasteiger partial charge is 0.326 e. The van der Waals surface area contributed by atoms with Crippen molar-refractivity contribution in [1.29, 1.82) is 0 Å². The Labute approximate surface area is 220 Å². The standard InChI is InChI=1S/C25H24FN5O6S/c26-18-10-17(37-16-4-1-13(2-5-16)7-21-23(33)31-25(36)38-21)6-3-14(18)8-20(24(34)35)30-22(32)19(27)9-15-11-28-12-29-15/h1-6,10-12,19-21H,7-9,27H2,(H,28,29)(H,30,32)(H,34,35)(H,31,33,36). The minimum atomic E-state index is -1.39. The number of rotatable bonds is 11. The number of H-pyrrole nitrogens is 1. The number of aliphatic carboxylic acids is 1. The maximum atomic E-state index is 14.8. The van der Waals surface area contributed by atoms with Gasteiger partial charge in [0.1, 0.15) is 23.4 Å². The summed E-state index contributed by atoms with van der Waals surface area (Å²) in [4.78, 5) is 53.8. The van der Waals surface area contributed by atoms with E-state index in [-0.39, 0.29) is 35.3 Å². The fourth-order valence-corrected chi connectivity index (χ4v) is 4.61. The fraction of sp³-hybridized carbons (Fsp3) is 0.240. The molecule has 11 nitrogen and oxygen atoms in total. The monoisotopic (exact) mass is 541 g/mol. The summed E-state index contributed by atoms with van der Waals surface area (Å²) in [5, 5.41) is 13.3. The van der Waals surface area contributed by atoms with Gasteiger partial charge in [0.05, 0.1) is 17.6 Å². The lowest BCUT2D eigenvalue weighted by atomic mass is 10.0. The summed E-state index contributed by atoms with van der Waals surface area (Å²) in [7, 11) is 0. The largest absolute Gasteiger partial charge is 0.480 e. The van der Waals surface area contributed by atoms with Crippen LogP contribution in [-0.4, -0.2) is 55.4 Å². The Morgan fingerprint density at radius 1 is 1.16 bits per heavy atom. The average Bonchev–Trinajstić information content (AvgIpc) is 3.49. The Balaban J connectivity index is 1.34. The summed E-state index contributed by atoms with van der Waals surface area (Å²) in [5.74, 6) is -2.43. The molecule has 3 aromatic rings. The SMILES string of the molecule is NC(Cc1cnc[nH]1)C(=O)NC(Cc1ccc(Oc2ccc(CC3SC(=O)NC3=O)cc2)cc1F)C(=O)O. The Bertz CT molecular complexity index is 1330. The van der Waals surface area contributed by atoms with Gasteiger partial charge in [-0.05, 0) is 35.7 Å². The number of carboxylic acids is 1. The highest BCUT2D eigenvalue weighted by Gasteiger charge is 2.31. The lowest BCUT2D eigenvalue weighted by Gasteiger charge is -2.18. The number of carbonyl (C=O) groups is 4. The van der Waals surface area contributed by atoms with Crippen molar-refractivity contribution < 1.29 is 33.4 Å². The molecule has 13 heteroatoms. The molecular weight excluding hydrogens is 517 g/mol. The van der Waals surface area contributed by atoms with E-state index in [4.69, 9.17) is 10.5 Å². The highest BCUT2D eigenvalue weighted by Crippen LogP contribution is 2.27. The van der Waals surface area contributed by atoms with Gasteiger partial charge in [-0.3, -0.25) is 19.7 Å². The maximum absolute atomic E-state index is 14.8. The normalized spacial score (nSPS) is 16.5. The van der Waals surface area contributed by atoms with Crippen LogP contribution < -0.4 is 21.1 Å². The topological polar surface area (TPSA) is 176 Å². The van der Waals surface area contributed by atoms with Crippen molar-refractivity contribution in [1.82, 2.24) is 20.6 Å². The quantitative estimate of drug-likeness (QED) is 0.243. The molecule has 6 N–H and O–H groups in total. The van der Waals surface area contributed by atoms with E-state index in [0.29, 0.717) is 17.9 Å². The number of thioether (sulfide) groups is 1. The zero-order valence-corrected chi connectivity index (χ0v) is 20.7. The molecule has 1 aliphatic rings. The summed E-state index contributed by atoms with van der Waals surface area (Å²) in [6.07, 6.45) is 3.16. The molecule has 1 saturated heterocycles. The highest BCUT2D eigenvalue weighted by atomic mass is 32.2. The van der Waals surface area contributed by atoms with E-state index in [1.807, 2.05) is 0 Å². The lowest BCUT2D eigenvalue weighted by Crippen LogP contribution is -2.50. The Morgan fingerprint density at radius 3 is 2.50 bits per heavy atom. The van der Waals surface area contributed by atoms with Crippen LogP contribution in [0.15, 0.2) is 55.0 Å². The third-order valence-electron chi connectivity index (χ3n) is 5.74. The van der Waals surface area contributed by atoms with E-state index in [0.717, 1.165) is 23.4 Å². The molecule has 0 bridgehead atoms. The number of benzene rings is 2. The number of hydrogen-bond acceptors (Lipinski definition) is 8. The summed E-state index contributed by atoms with van der Waals surface area (Å²) in [5.41, 5.74) is 7.38. The van der Waals surface area contributed by atoms with Crippen LogP contribution in [0.3, 0.4) is 0 Å². The molecule has 1 aromatic heterocycles. The number of ether oxygens (including phenoxy) is 1. The number of aromatic amines is 1. The van der Waals surface area contributed by atoms with Crippen molar-refractivity contribution >= 4 is 34.8 Å². The van der Waals surface area contributed by atoms with Gasteiger partial charge in [-0.1, -0.05) is 30.0 Å². The number of hydrogen-bond donors (Lipinski definition) is 5. The van der Waals surface area contributed by atoms with Gasteiger partial charge in [-0.2, -0.15) is 0 Å². The van der Waals surface area contributed by atoms with Crippen LogP contribution in [0.25, 0.3) is 0 Å². The first-order chi connectivity index (χ1) is 18.2. The minimum Gasteiger partial charge on any atom is -0.480 e. The van der Waals surface area contributed by atoms with E-state index in [2.05, 4.69) is 20.6 Å². The molecule has 1 fully saturated rings. The molecular formula is C25H24FN5O6S. The molecule has 0 radical (unpaired) electrons. The number of halogens is 1. The van der Waals surface area contributed by atoms with Crippen LogP contribution in [-0.2, 0) is 33.6 Å². The van der Waals surface area contributed by atoms with Gasteiger partial charge in [0.15, 0.2) is 0 Å². The number of nitrogens with zero attached hydrogens (tertiary/aromatic N) is 1. The number of nitrogens with one attached hydrogen (secondary N) is 3. The molecule has 0 aliphatic carbocycles. The predicted octanol–water partition coefficient (Wildman–Crippen LogP) is 1.92. The number of amides is 3. The number of imide groups is 1. The molecule has 198 valence electrons. The van der Waals surface area contributed by atoms with Gasteiger partial charge in [0, 0.05) is 30.8 Å². The van der Waals surface area contributed by atoms with Gasteiger partial charge in [0.2, 0.25) is 11.8 Å². The predicted molar refractivity (Wildman–Crippen MR) is 135 cm³/mol. The molecule has 2 heterocycles. The molecule has 0 saturated carbocycles. The second kappa shape index (κ2) is 11.9. The van der Waals surface area contributed by atoms with Crippen molar-refractivity contribution in [2.45, 2.75) is 36.6 Å². The van der Waals surface area contributed by atoms with E-state index in [1.54, 1.807) is 24.3 Å². The summed E-state index contributed by atoms with van der Waals surface area (Å²) in [6, 6.07) is 8.40. The number of imidazole rings is 1. The van der Waals surface area contributed by atoms with Crippen molar-refractivity contribution in [3.63, 3.8) is 0 Å². The second-order valence-electron chi connectivity index (χ2n) is 8.58. The van der Waals surface area contributed by atoms with Gasteiger partial charge in [-0.15, -0.1) is 0 Å². The number of carbonyl (C=O) groups excluding carboxylic acids is 3. The van der Waals surface area contributed by atoms with Crippen LogP contribution in [0, 0.1) is 5.82 Å². The molecule has 3 unspecified atom stereocenters. The third-order valence-corrected chi connectivity index (χ3v) is 6.72. The van der Waals surface area contributed by atoms with Crippen LogP contribution in [0.5, 0.6) is 11.5 Å². The van der Waals surface area contributed by atoms with Crippen molar-refractivity contribution in [3.05, 3.63) is 77.6 Å². The van der Waals surface area contributed by atoms with Crippen molar-refractivity contribution in [2.75, 3.05) is 0 Å². The first-order valence-corrected chi connectivity index (χ1v) is 12.4. The van der Waals surface area contributed by atoms with E-state index in [9.17, 15) is 28.7 Å². The first-order valence-electron chi connectivity index (χ1n) is 11.5. The Morgan fingerprint density at radius 2 is 1.89 bits per heavy atom. The lowest BCUT2D eigenvalue weighted by molar-refractivity contribution is -0.142. The van der Waals surface area contributed by atoms with E-state index >= 15 is 0 Å². The number of carboxylic acid groups (broad SMARTS) is 1. The first kappa shape index (κ1) is 26.8. The molecule has 38 heavy (non-hydrogen) atoms. The molecule has 1 aliphatic heterocycles. The molecule has 0 spiro atoms. The third kappa shape index (κ3) is 6.95. The molecule has 3 atom stereocenters. The summed E-state index contributed by atoms with van der Waals surface area (Å²) >= 11 is 0.947. The maximum Gasteiger partial charge on any atom is 0.326 e. The zero-order valence-electron chi connectivity index (χ0n) is 19.8. The summed E-state index contributed by atoms with van der Waals surface area (Å²) in [6.45, 7) is 0. The Hall–Kier alpha value is -4.23. The van der Waals surface area contributed by atoms with Crippen LogP contribution in [0.1, 0.15) is 16.8 Å². The highest BCUT2D eigenvalue weighted by molar-refractivity contribution is 8.15. The zero-order chi connectivity index (χ0) is 27.2. The minimum absolute atomic E-state index is 0.0735. The molecule has 4 rings (SSSR count). The van der Waals surface area contributed by atoms with Gasteiger partial charge < -0.3 is 25.9 Å². The second-order valence-corrected chi connectivity index (χ2v) is 9.75. The number of nitrogens with two attached hydrogens (primary N) is 1. The van der Waals surface area contributed by atoms with Crippen molar-refractivity contribution in [3.8, 4) is 11.5 Å². The number of aromatic nitrogens is 2. The van der Waals surface area contributed by atoms with Crippen LogP contribution >= 0.6 is 11.8 Å². The summed E-state index contributed by atoms with van der Waals surface area (Å²) < 4.78 is 20.5. The van der Waals surface area contributed by atoms with E-state index < -0.39 is 35.0 Å². The molecule has 2 aromatic carbocycles. The van der Waals surface area contributed by atoms with Gasteiger partial charge >= 0.3 is 5.97 Å². The van der Waals surface area contributed by atoms with Crippen molar-refractivity contribution in [2.24, 2.45) is 5.73 Å². The fourth-order valence-electron chi connectivity index (χ4n) is 3.75.